The van der Waals surface area contributed by atoms with E-state index in [9.17, 15) is 14.7 Å². The van der Waals surface area contributed by atoms with Gasteiger partial charge < -0.3 is 15.2 Å². The molecule has 0 saturated carbocycles. The van der Waals surface area contributed by atoms with E-state index in [1.165, 1.54) is 0 Å². The van der Waals surface area contributed by atoms with Crippen molar-refractivity contribution in [2.24, 2.45) is 0 Å². The third-order valence-electron chi connectivity index (χ3n) is 3.80. The minimum absolute atomic E-state index is 0.319. The van der Waals surface area contributed by atoms with Gasteiger partial charge in [-0.25, -0.2) is 4.79 Å². The quantitative estimate of drug-likeness (QED) is 0.774. The number of ether oxygens (including phenoxy) is 1. The smallest absolute Gasteiger partial charge is 0.326 e. The average Bonchev–Trinajstić information content (AvgIpc) is 2.50. The Hall–Kier alpha value is -2.04. The molecule has 22 heavy (non-hydrogen) atoms. The minimum atomic E-state index is -1.00. The monoisotopic (exact) mass is 307 g/mol. The van der Waals surface area contributed by atoms with Crippen LogP contribution in [-0.2, 0) is 15.0 Å². The predicted octanol–water partition coefficient (Wildman–Crippen LogP) is 2.73. The van der Waals surface area contributed by atoms with E-state index in [-0.39, 0.29) is 5.91 Å². The molecule has 5 nitrogen and oxygen atoms in total. The number of hydrogen-bond acceptors (Lipinski definition) is 3. The number of carboxylic acid groups (broad SMARTS) is 1. The average molecular weight is 307 g/mol. The number of carbonyl (C=O) groups is 2. The molecule has 0 spiro atoms. The molecule has 5 heteroatoms. The zero-order valence-electron chi connectivity index (χ0n) is 13.7. The lowest BCUT2D eigenvalue weighted by atomic mass is 9.82. The number of carbonyl (C=O) groups excluding carboxylic acids is 1. The Balaban J connectivity index is 2.96. The van der Waals surface area contributed by atoms with Gasteiger partial charge in [0, 0.05) is 5.56 Å². The zero-order chi connectivity index (χ0) is 16.8. The van der Waals surface area contributed by atoms with E-state index in [1.54, 1.807) is 27.0 Å². The first-order valence-electron chi connectivity index (χ1n) is 7.51. The first kappa shape index (κ1) is 18.0. The van der Waals surface area contributed by atoms with Crippen LogP contribution in [0.1, 0.15) is 45.6 Å². The molecule has 2 N–H and O–H groups in total. The summed E-state index contributed by atoms with van der Waals surface area (Å²) in [5.74, 6) is -0.707. The second kappa shape index (κ2) is 7.82. The summed E-state index contributed by atoms with van der Waals surface area (Å²) in [7, 11) is 1.55. The Morgan fingerprint density at radius 1 is 1.32 bits per heavy atom. The maximum Gasteiger partial charge on any atom is 0.326 e. The van der Waals surface area contributed by atoms with Crippen molar-refractivity contribution in [3.8, 4) is 5.75 Å². The summed E-state index contributed by atoms with van der Waals surface area (Å²) in [5.41, 5.74) is -0.151. The second-order valence-corrected chi connectivity index (χ2v) is 5.83. The van der Waals surface area contributed by atoms with Crippen molar-refractivity contribution in [3.63, 3.8) is 0 Å². The van der Waals surface area contributed by atoms with Crippen LogP contribution in [0.4, 0.5) is 0 Å². The molecule has 0 aliphatic carbocycles. The number of nitrogens with one attached hydrogen (secondary N) is 1. The van der Waals surface area contributed by atoms with Gasteiger partial charge in [0.25, 0.3) is 0 Å². The molecule has 0 bridgehead atoms. The molecule has 122 valence electrons. The molecule has 1 unspecified atom stereocenters. The molecule has 0 saturated heterocycles. The van der Waals surface area contributed by atoms with Crippen molar-refractivity contribution in [1.29, 1.82) is 0 Å². The summed E-state index contributed by atoms with van der Waals surface area (Å²) in [5, 5.41) is 11.9. The summed E-state index contributed by atoms with van der Waals surface area (Å²) in [6, 6.07) is 6.41. The number of hydrogen-bond donors (Lipinski definition) is 2. The highest BCUT2D eigenvalue weighted by atomic mass is 16.5. The van der Waals surface area contributed by atoms with Gasteiger partial charge in [0.1, 0.15) is 11.8 Å². The number of benzene rings is 1. The predicted molar refractivity (Wildman–Crippen MR) is 85.1 cm³/mol. The largest absolute Gasteiger partial charge is 0.496 e. The fraction of sp³-hybridized carbons (Fsp3) is 0.529. The third-order valence-corrected chi connectivity index (χ3v) is 3.80. The van der Waals surface area contributed by atoms with E-state index in [0.29, 0.717) is 12.2 Å². The van der Waals surface area contributed by atoms with E-state index in [0.717, 1.165) is 18.4 Å². The summed E-state index contributed by atoms with van der Waals surface area (Å²) in [6.07, 6.45) is 2.07. The van der Waals surface area contributed by atoms with E-state index >= 15 is 0 Å². The summed E-state index contributed by atoms with van der Waals surface area (Å²) < 4.78 is 5.30. The van der Waals surface area contributed by atoms with Gasteiger partial charge in [-0.05, 0) is 26.3 Å². The number of aliphatic carboxylic acids is 1. The molecule has 0 radical (unpaired) electrons. The van der Waals surface area contributed by atoms with Gasteiger partial charge >= 0.3 is 5.97 Å². The highest BCUT2D eigenvalue weighted by molar-refractivity contribution is 5.91. The SMILES string of the molecule is CCCCC(NC(=O)C(C)(C)c1ccccc1OC)C(=O)O. The molecule has 1 amide bonds. The van der Waals surface area contributed by atoms with E-state index in [1.807, 2.05) is 25.1 Å². The van der Waals surface area contributed by atoms with Gasteiger partial charge in [0.05, 0.1) is 12.5 Å². The number of rotatable bonds is 8. The number of carboxylic acids is 1. The van der Waals surface area contributed by atoms with Crippen LogP contribution in [-0.4, -0.2) is 30.1 Å². The highest BCUT2D eigenvalue weighted by Crippen LogP contribution is 2.31. The maximum atomic E-state index is 12.6. The van der Waals surface area contributed by atoms with Crippen molar-refractivity contribution < 1.29 is 19.4 Å². The molecule has 0 aliphatic rings. The van der Waals surface area contributed by atoms with E-state index < -0.39 is 17.4 Å². The molecule has 1 aromatic carbocycles. The van der Waals surface area contributed by atoms with Gasteiger partial charge in [0.2, 0.25) is 5.91 Å². The van der Waals surface area contributed by atoms with Crippen LogP contribution >= 0.6 is 0 Å². The molecule has 1 atom stereocenters. The van der Waals surface area contributed by atoms with Crippen molar-refractivity contribution in [2.75, 3.05) is 7.11 Å². The van der Waals surface area contributed by atoms with Gasteiger partial charge in [-0.1, -0.05) is 38.0 Å². The third kappa shape index (κ3) is 4.23. The van der Waals surface area contributed by atoms with Crippen molar-refractivity contribution in [2.45, 2.75) is 51.5 Å². The van der Waals surface area contributed by atoms with Crippen molar-refractivity contribution >= 4 is 11.9 Å². The van der Waals surface area contributed by atoms with Crippen LogP contribution in [0.2, 0.25) is 0 Å². The lowest BCUT2D eigenvalue weighted by molar-refractivity contribution is -0.142. The molecule has 0 heterocycles. The molecule has 0 aliphatic heterocycles. The van der Waals surface area contributed by atoms with E-state index in [2.05, 4.69) is 5.32 Å². The standard InChI is InChI=1S/C17H25NO4/c1-5-6-10-13(15(19)20)18-16(21)17(2,3)12-9-7-8-11-14(12)22-4/h7-9,11,13H,5-6,10H2,1-4H3,(H,18,21)(H,19,20). The maximum absolute atomic E-state index is 12.6. The summed E-state index contributed by atoms with van der Waals surface area (Å²) in [6.45, 7) is 5.51. The topological polar surface area (TPSA) is 75.6 Å². The van der Waals surface area contributed by atoms with Gasteiger partial charge in [-0.15, -0.1) is 0 Å². The number of amides is 1. The zero-order valence-corrected chi connectivity index (χ0v) is 13.7. The molecule has 1 rings (SSSR count). The highest BCUT2D eigenvalue weighted by Gasteiger charge is 2.34. The Morgan fingerprint density at radius 2 is 1.95 bits per heavy atom. The minimum Gasteiger partial charge on any atom is -0.496 e. The Kier molecular flexibility index (Phi) is 6.40. The fourth-order valence-corrected chi connectivity index (χ4v) is 2.29. The number of para-hydroxylation sites is 1. The van der Waals surface area contributed by atoms with Crippen LogP contribution in [0.15, 0.2) is 24.3 Å². The van der Waals surface area contributed by atoms with Crippen LogP contribution in [0.3, 0.4) is 0 Å². The van der Waals surface area contributed by atoms with Gasteiger partial charge in [-0.2, -0.15) is 0 Å². The van der Waals surface area contributed by atoms with Crippen LogP contribution < -0.4 is 10.1 Å². The van der Waals surface area contributed by atoms with Gasteiger partial charge in [0.15, 0.2) is 0 Å². The Labute approximate surface area is 131 Å². The molecular formula is C17H25NO4. The van der Waals surface area contributed by atoms with Gasteiger partial charge in [-0.3, -0.25) is 4.79 Å². The van der Waals surface area contributed by atoms with Crippen molar-refractivity contribution in [3.05, 3.63) is 29.8 Å². The van der Waals surface area contributed by atoms with Crippen LogP contribution in [0.25, 0.3) is 0 Å². The van der Waals surface area contributed by atoms with Crippen LogP contribution in [0, 0.1) is 0 Å². The second-order valence-electron chi connectivity index (χ2n) is 5.83. The molecule has 0 fully saturated rings. The molecule has 1 aromatic rings. The number of methoxy groups -OCH3 is 1. The summed E-state index contributed by atoms with van der Waals surface area (Å²) >= 11 is 0. The van der Waals surface area contributed by atoms with Crippen molar-refractivity contribution in [1.82, 2.24) is 5.32 Å². The normalized spacial score (nSPS) is 12.5. The molecule has 0 aromatic heterocycles. The van der Waals surface area contributed by atoms with Crippen LogP contribution in [0.5, 0.6) is 5.75 Å². The molecular weight excluding hydrogens is 282 g/mol. The number of unbranched alkanes of at least 4 members (excludes halogenated alkanes) is 1. The van der Waals surface area contributed by atoms with E-state index in [4.69, 9.17) is 4.74 Å². The Bertz CT molecular complexity index is 525. The Morgan fingerprint density at radius 3 is 2.50 bits per heavy atom. The lowest BCUT2D eigenvalue weighted by Gasteiger charge is -2.27. The lowest BCUT2D eigenvalue weighted by Crippen LogP contribution is -2.48. The fourth-order valence-electron chi connectivity index (χ4n) is 2.29. The first-order valence-corrected chi connectivity index (χ1v) is 7.51. The summed E-state index contributed by atoms with van der Waals surface area (Å²) in [4.78, 5) is 23.9. The first-order chi connectivity index (χ1) is 10.3.